The summed E-state index contributed by atoms with van der Waals surface area (Å²) in [7, 11) is 0. The summed E-state index contributed by atoms with van der Waals surface area (Å²) in [6.45, 7) is 0. The first-order chi connectivity index (χ1) is 13.2. The number of nitrogens with one attached hydrogen (secondary N) is 2. The van der Waals surface area contributed by atoms with Crippen molar-refractivity contribution in [3.63, 3.8) is 0 Å². The van der Waals surface area contributed by atoms with E-state index in [9.17, 15) is 9.18 Å². The minimum atomic E-state index is -0.400. The molecule has 0 radical (unpaired) electrons. The molecule has 7 heteroatoms. The Morgan fingerprint density at radius 3 is 2.44 bits per heavy atom. The number of hydrogen-bond donors (Lipinski definition) is 2. The lowest BCUT2D eigenvalue weighted by molar-refractivity contribution is 0.630. The van der Waals surface area contributed by atoms with Gasteiger partial charge < -0.3 is 5.10 Å². The third kappa shape index (κ3) is 2.43. The predicted octanol–water partition coefficient (Wildman–Crippen LogP) is 4.48. The molecule has 0 amide bonds. The third-order valence-electron chi connectivity index (χ3n) is 4.67. The first-order valence-electron chi connectivity index (χ1n) is 8.29. The van der Waals surface area contributed by atoms with E-state index < -0.39 is 5.82 Å². The summed E-state index contributed by atoms with van der Waals surface area (Å²) < 4.78 is 13.9. The predicted molar refractivity (Wildman–Crippen MR) is 107 cm³/mol. The Labute approximate surface area is 156 Å². The lowest BCUT2D eigenvalue weighted by Gasteiger charge is -2.04. The van der Waals surface area contributed by atoms with Gasteiger partial charge in [0, 0.05) is 32.8 Å². The van der Waals surface area contributed by atoms with Crippen LogP contribution in [0.3, 0.4) is 0 Å². The summed E-state index contributed by atoms with van der Waals surface area (Å²) in [5.74, 6) is 0.179. The van der Waals surface area contributed by atoms with Gasteiger partial charge in [0.15, 0.2) is 5.82 Å². The molecule has 0 aliphatic heterocycles. The Morgan fingerprint density at radius 1 is 0.963 bits per heavy atom. The van der Waals surface area contributed by atoms with Gasteiger partial charge in [0.2, 0.25) is 0 Å². The van der Waals surface area contributed by atoms with Crippen molar-refractivity contribution in [2.45, 2.75) is 4.90 Å². The van der Waals surface area contributed by atoms with Gasteiger partial charge in [0.05, 0.1) is 10.9 Å². The highest BCUT2D eigenvalue weighted by Crippen LogP contribution is 2.34. The van der Waals surface area contributed by atoms with Crippen molar-refractivity contribution in [3.8, 4) is 11.4 Å². The molecule has 5 aromatic rings. The van der Waals surface area contributed by atoms with Crippen LogP contribution in [0, 0.1) is 5.82 Å². The number of fused-ring (bicyclic) bond motifs is 6. The second-order valence-electron chi connectivity index (χ2n) is 6.19. The van der Waals surface area contributed by atoms with Crippen LogP contribution in [0.5, 0.6) is 0 Å². The first kappa shape index (κ1) is 16.0. The highest BCUT2D eigenvalue weighted by Gasteiger charge is 2.17. The van der Waals surface area contributed by atoms with Gasteiger partial charge in [-0.1, -0.05) is 12.1 Å². The van der Waals surface area contributed by atoms with E-state index >= 15 is 0 Å². The van der Waals surface area contributed by atoms with Gasteiger partial charge in [-0.3, -0.25) is 9.89 Å². The molecular weight excluding hydrogens is 363 g/mol. The standard InChI is InChI=1S/C20H13FN4OS/c1-27-12-5-2-10(3-6-12)19-23-17-13-7-4-11(21)8-14(13)16-15(18(17)24-19)9-22-25-20(16)26/h2-9,22H,1H3,(H,25,26). The monoisotopic (exact) mass is 376 g/mol. The molecule has 5 rings (SSSR count). The molecule has 3 aromatic carbocycles. The van der Waals surface area contributed by atoms with Crippen LogP contribution in [0.25, 0.3) is 44.0 Å². The molecule has 0 fully saturated rings. The topological polar surface area (TPSA) is 74.4 Å². The maximum Gasteiger partial charge on any atom is 0.270 e. The molecule has 132 valence electrons. The summed E-state index contributed by atoms with van der Waals surface area (Å²) >= 11 is 1.67. The van der Waals surface area contributed by atoms with Crippen LogP contribution >= 0.6 is 11.8 Å². The zero-order valence-electron chi connectivity index (χ0n) is 14.2. The second-order valence-corrected chi connectivity index (χ2v) is 7.07. The molecule has 2 N–H and O–H groups in total. The van der Waals surface area contributed by atoms with Crippen LogP contribution in [-0.4, -0.2) is 26.4 Å². The Hall–Kier alpha value is -3.19. The van der Waals surface area contributed by atoms with Crippen LogP contribution in [0.2, 0.25) is 0 Å². The van der Waals surface area contributed by atoms with Crippen molar-refractivity contribution in [2.75, 3.05) is 6.26 Å². The molecule has 0 saturated heterocycles. The molecule has 0 saturated carbocycles. The van der Waals surface area contributed by atoms with Crippen LogP contribution in [0.1, 0.15) is 0 Å². The highest BCUT2D eigenvalue weighted by molar-refractivity contribution is 7.98. The van der Waals surface area contributed by atoms with Gasteiger partial charge in [-0.2, -0.15) is 0 Å². The van der Waals surface area contributed by atoms with E-state index in [4.69, 9.17) is 9.97 Å². The number of thioether (sulfide) groups is 1. The normalized spacial score (nSPS) is 11.6. The van der Waals surface area contributed by atoms with Gasteiger partial charge in [-0.15, -0.1) is 11.8 Å². The van der Waals surface area contributed by atoms with Crippen LogP contribution in [0.4, 0.5) is 4.39 Å². The van der Waals surface area contributed by atoms with Crippen molar-refractivity contribution in [1.29, 1.82) is 0 Å². The fraction of sp³-hybridized carbons (Fsp3) is 0.0500. The fourth-order valence-electron chi connectivity index (χ4n) is 3.40. The first-order valence-corrected chi connectivity index (χ1v) is 9.51. The van der Waals surface area contributed by atoms with E-state index in [2.05, 4.69) is 10.2 Å². The lowest BCUT2D eigenvalue weighted by Crippen LogP contribution is -2.08. The van der Waals surface area contributed by atoms with Gasteiger partial charge in [-0.05, 0) is 36.6 Å². The molecule has 0 aliphatic rings. The second kappa shape index (κ2) is 5.92. The third-order valence-corrected chi connectivity index (χ3v) is 5.41. The molecule has 0 unspecified atom stereocenters. The van der Waals surface area contributed by atoms with Crippen molar-refractivity contribution < 1.29 is 4.39 Å². The molecule has 0 atom stereocenters. The van der Waals surface area contributed by atoms with Gasteiger partial charge >= 0.3 is 0 Å². The number of benzene rings is 3. The fourth-order valence-corrected chi connectivity index (χ4v) is 3.81. The minimum absolute atomic E-state index is 0.320. The van der Waals surface area contributed by atoms with Crippen molar-refractivity contribution in [1.82, 2.24) is 20.2 Å². The zero-order chi connectivity index (χ0) is 18.5. The lowest BCUT2D eigenvalue weighted by atomic mass is 10.0. The van der Waals surface area contributed by atoms with E-state index in [1.54, 1.807) is 24.0 Å². The van der Waals surface area contributed by atoms with E-state index in [0.29, 0.717) is 38.4 Å². The number of hydrogen-bond acceptors (Lipinski definition) is 4. The average molecular weight is 376 g/mol. The minimum Gasteiger partial charge on any atom is -0.305 e. The largest absolute Gasteiger partial charge is 0.305 e. The van der Waals surface area contributed by atoms with Gasteiger partial charge in [0.1, 0.15) is 11.3 Å². The van der Waals surface area contributed by atoms with Crippen molar-refractivity contribution in [3.05, 3.63) is 64.8 Å². The number of H-pyrrole nitrogens is 2. The van der Waals surface area contributed by atoms with Crippen LogP contribution in [0.15, 0.2) is 58.4 Å². The molecule has 27 heavy (non-hydrogen) atoms. The summed E-state index contributed by atoms with van der Waals surface area (Å²) in [4.78, 5) is 23.0. The maximum atomic E-state index is 13.9. The number of nitrogens with zero attached hydrogens (tertiary/aromatic N) is 2. The zero-order valence-corrected chi connectivity index (χ0v) is 15.0. The number of aromatic amines is 2. The quantitative estimate of drug-likeness (QED) is 0.352. The summed E-state index contributed by atoms with van der Waals surface area (Å²) in [5, 5.41) is 7.53. The summed E-state index contributed by atoms with van der Waals surface area (Å²) in [6.07, 6.45) is 3.69. The Morgan fingerprint density at radius 2 is 1.70 bits per heavy atom. The Balaban J connectivity index is 1.91. The Bertz CT molecular complexity index is 1390. The SMILES string of the molecule is CSc1ccc(-c2nc3c4ccc(F)cc4c4c(=O)[nH][nH]cc4c3n2)cc1. The smallest absolute Gasteiger partial charge is 0.270 e. The van der Waals surface area contributed by atoms with Crippen molar-refractivity contribution >= 4 is 44.3 Å². The van der Waals surface area contributed by atoms with Gasteiger partial charge in [-0.25, -0.2) is 14.4 Å². The van der Waals surface area contributed by atoms with Crippen LogP contribution < -0.4 is 5.56 Å². The summed E-state index contributed by atoms with van der Waals surface area (Å²) in [6, 6.07) is 12.4. The molecule has 2 heterocycles. The number of aromatic nitrogens is 4. The number of rotatable bonds is 2. The summed E-state index contributed by atoms with van der Waals surface area (Å²) in [5.41, 5.74) is 1.84. The van der Waals surface area contributed by atoms with E-state index in [0.717, 1.165) is 10.5 Å². The molecule has 0 spiro atoms. The number of imidazole rings is 1. The van der Waals surface area contributed by atoms with E-state index in [1.165, 1.54) is 12.1 Å². The molecule has 0 bridgehead atoms. The average Bonchev–Trinajstić information content (AvgIpc) is 3.13. The molecule has 5 nitrogen and oxygen atoms in total. The molecule has 0 aliphatic carbocycles. The maximum absolute atomic E-state index is 13.9. The number of halogens is 1. The molecule has 2 aromatic heterocycles. The van der Waals surface area contributed by atoms with E-state index in [1.807, 2.05) is 30.5 Å². The van der Waals surface area contributed by atoms with Crippen molar-refractivity contribution in [2.24, 2.45) is 0 Å². The Kier molecular flexibility index (Phi) is 3.51. The van der Waals surface area contributed by atoms with E-state index in [-0.39, 0.29) is 5.56 Å². The highest BCUT2D eigenvalue weighted by atomic mass is 32.2. The molecular formula is C20H13FN4OS. The van der Waals surface area contributed by atoms with Crippen LogP contribution in [-0.2, 0) is 0 Å². The van der Waals surface area contributed by atoms with Gasteiger partial charge in [0.25, 0.3) is 5.56 Å².